The van der Waals surface area contributed by atoms with Crippen molar-refractivity contribution in [1.29, 1.82) is 5.26 Å². The highest BCUT2D eigenvalue weighted by atomic mass is 32.2. The van der Waals surface area contributed by atoms with Crippen molar-refractivity contribution in [3.8, 4) is 17.2 Å². The molecule has 1 N–H and O–H groups in total. The molecule has 6 nitrogen and oxygen atoms in total. The third kappa shape index (κ3) is 4.44. The van der Waals surface area contributed by atoms with Gasteiger partial charge in [0.2, 0.25) is 0 Å². The highest BCUT2D eigenvalue weighted by Crippen LogP contribution is 2.42. The highest BCUT2D eigenvalue weighted by molar-refractivity contribution is 7.98. The number of nitrogens with zero attached hydrogens (tertiary/aromatic N) is 3. The van der Waals surface area contributed by atoms with Gasteiger partial charge in [0.25, 0.3) is 10.0 Å². The Morgan fingerprint density at radius 3 is 2.30 bits per heavy atom. The zero-order chi connectivity index (χ0) is 21.9. The van der Waals surface area contributed by atoms with Gasteiger partial charge in [0.05, 0.1) is 16.5 Å². The van der Waals surface area contributed by atoms with E-state index in [1.54, 1.807) is 24.3 Å². The summed E-state index contributed by atoms with van der Waals surface area (Å²) in [7, 11) is -4.20. The van der Waals surface area contributed by atoms with Crippen molar-refractivity contribution in [2.75, 3.05) is 11.0 Å². The normalized spacial score (nSPS) is 11.8. The highest BCUT2D eigenvalue weighted by Gasteiger charge is 2.41. The summed E-state index contributed by atoms with van der Waals surface area (Å²) in [5.41, 5.74) is -1.52. The van der Waals surface area contributed by atoms with Crippen LogP contribution in [0.1, 0.15) is 5.69 Å². The molecule has 0 aliphatic rings. The molecule has 2 aromatic carbocycles. The van der Waals surface area contributed by atoms with Crippen molar-refractivity contribution in [3.63, 3.8) is 0 Å². The number of alkyl halides is 3. The first-order valence-electron chi connectivity index (χ1n) is 8.44. The second-order valence-electron chi connectivity index (χ2n) is 6.03. The van der Waals surface area contributed by atoms with Crippen LogP contribution in [0.4, 0.5) is 19.0 Å². The van der Waals surface area contributed by atoms with Gasteiger partial charge in [-0.2, -0.15) is 23.5 Å². The molecule has 0 saturated heterocycles. The fourth-order valence-electron chi connectivity index (χ4n) is 2.82. The molecule has 0 aliphatic heterocycles. The average Bonchev–Trinajstić information content (AvgIpc) is 3.06. The van der Waals surface area contributed by atoms with Gasteiger partial charge in [0.15, 0.2) is 11.5 Å². The molecule has 30 heavy (non-hydrogen) atoms. The fourth-order valence-corrected chi connectivity index (χ4v) is 4.26. The molecule has 156 valence electrons. The summed E-state index contributed by atoms with van der Waals surface area (Å²) in [5, 5.41) is 12.7. The number of nitrogens with one attached hydrogen (secondary N) is 1. The van der Waals surface area contributed by atoms with Crippen LogP contribution < -0.4 is 4.72 Å². The van der Waals surface area contributed by atoms with Gasteiger partial charge < -0.3 is 0 Å². The van der Waals surface area contributed by atoms with E-state index in [1.165, 1.54) is 48.2 Å². The van der Waals surface area contributed by atoms with Crippen molar-refractivity contribution >= 4 is 27.6 Å². The maximum Gasteiger partial charge on any atom is 0.433 e. The van der Waals surface area contributed by atoms with E-state index in [1.807, 2.05) is 6.26 Å². The van der Waals surface area contributed by atoms with Crippen LogP contribution in [0.15, 0.2) is 64.4 Å². The minimum absolute atomic E-state index is 0.120. The van der Waals surface area contributed by atoms with Crippen LogP contribution in [0, 0.1) is 11.3 Å². The number of halogens is 3. The Morgan fingerprint density at radius 1 is 1.13 bits per heavy atom. The van der Waals surface area contributed by atoms with E-state index in [0.29, 0.717) is 4.68 Å². The van der Waals surface area contributed by atoms with Crippen LogP contribution in [-0.4, -0.2) is 24.5 Å². The van der Waals surface area contributed by atoms with Crippen LogP contribution in [0.5, 0.6) is 0 Å². The molecule has 0 radical (unpaired) electrons. The lowest BCUT2D eigenvalue weighted by Crippen LogP contribution is -2.15. The molecule has 0 spiro atoms. The number of benzene rings is 2. The lowest BCUT2D eigenvalue weighted by atomic mass is 10.1. The van der Waals surface area contributed by atoms with Gasteiger partial charge in [-0.3, -0.25) is 4.72 Å². The molecule has 0 unspecified atom stereocenters. The van der Waals surface area contributed by atoms with Crippen LogP contribution in [0.25, 0.3) is 11.1 Å². The maximum absolute atomic E-state index is 13.9. The summed E-state index contributed by atoms with van der Waals surface area (Å²) >= 11 is 1.41. The number of sulfonamides is 1. The smallest absolute Gasteiger partial charge is 0.261 e. The predicted molar refractivity (Wildman–Crippen MR) is 107 cm³/mol. The van der Waals surface area contributed by atoms with E-state index in [9.17, 15) is 21.6 Å². The molecular formula is C19H15F3N4O2S2. The number of nitriles is 1. The Bertz CT molecular complexity index is 1180. The number of rotatable bonds is 6. The zero-order valence-electron chi connectivity index (χ0n) is 15.5. The first kappa shape index (κ1) is 21.7. The van der Waals surface area contributed by atoms with Crippen molar-refractivity contribution in [2.24, 2.45) is 0 Å². The molecule has 3 rings (SSSR count). The fraction of sp³-hybridized carbons (Fsp3) is 0.158. The largest absolute Gasteiger partial charge is 0.433 e. The number of hydrogen-bond donors (Lipinski definition) is 1. The van der Waals surface area contributed by atoms with Gasteiger partial charge in [-0.05, 0) is 36.1 Å². The molecule has 0 saturated carbocycles. The standard InChI is InChI=1S/C19H15F3N4O2S2/c1-29-14-9-7-13(8-10-14)16-17(19(20,21)22)26(12-11-23)24-18(16)25-30(27,28)15-5-3-2-4-6-15/h2-10H,12H2,1H3,(H,24,25). The quantitative estimate of drug-likeness (QED) is 0.552. The first-order valence-corrected chi connectivity index (χ1v) is 11.2. The van der Waals surface area contributed by atoms with Crippen LogP contribution in [-0.2, 0) is 22.7 Å². The van der Waals surface area contributed by atoms with Crippen molar-refractivity contribution in [2.45, 2.75) is 22.5 Å². The minimum Gasteiger partial charge on any atom is -0.261 e. The number of hydrogen-bond acceptors (Lipinski definition) is 5. The number of anilines is 1. The second kappa shape index (κ2) is 8.41. The number of aromatic nitrogens is 2. The molecule has 11 heteroatoms. The summed E-state index contributed by atoms with van der Waals surface area (Å²) in [6.07, 6.45) is -3.05. The lowest BCUT2D eigenvalue weighted by Gasteiger charge is -2.12. The molecular weight excluding hydrogens is 437 g/mol. The van der Waals surface area contributed by atoms with Gasteiger partial charge in [-0.25, -0.2) is 13.1 Å². The van der Waals surface area contributed by atoms with Gasteiger partial charge in [0.1, 0.15) is 6.54 Å². The Kier molecular flexibility index (Phi) is 6.09. The maximum atomic E-state index is 13.9. The van der Waals surface area contributed by atoms with Crippen molar-refractivity contribution in [1.82, 2.24) is 9.78 Å². The monoisotopic (exact) mass is 452 g/mol. The Morgan fingerprint density at radius 2 is 1.77 bits per heavy atom. The molecule has 0 fully saturated rings. The molecule has 3 aromatic rings. The molecule has 0 amide bonds. The average molecular weight is 452 g/mol. The van der Waals surface area contributed by atoms with E-state index in [-0.39, 0.29) is 10.5 Å². The Labute approximate surface area is 175 Å². The van der Waals surface area contributed by atoms with Gasteiger partial charge in [-0.15, -0.1) is 11.8 Å². The van der Waals surface area contributed by atoms with Gasteiger partial charge in [0, 0.05) is 4.90 Å². The SMILES string of the molecule is CSc1ccc(-c2c(NS(=O)(=O)c3ccccc3)nn(CC#N)c2C(F)(F)F)cc1. The third-order valence-corrected chi connectivity index (χ3v) is 6.20. The molecule has 1 heterocycles. The second-order valence-corrected chi connectivity index (χ2v) is 8.59. The van der Waals surface area contributed by atoms with Crippen molar-refractivity contribution < 1.29 is 21.6 Å². The Hall–Kier alpha value is -2.97. The van der Waals surface area contributed by atoms with Crippen LogP contribution in [0.2, 0.25) is 0 Å². The molecule has 0 aliphatic carbocycles. The van der Waals surface area contributed by atoms with Gasteiger partial charge in [-0.1, -0.05) is 30.3 Å². The van der Waals surface area contributed by atoms with E-state index in [4.69, 9.17) is 5.26 Å². The van der Waals surface area contributed by atoms with E-state index in [0.717, 1.165) is 4.90 Å². The van der Waals surface area contributed by atoms with E-state index < -0.39 is 39.8 Å². The number of thioether (sulfide) groups is 1. The van der Waals surface area contributed by atoms with Crippen LogP contribution >= 0.6 is 11.8 Å². The first-order chi connectivity index (χ1) is 14.2. The summed E-state index contributed by atoms with van der Waals surface area (Å²) < 4.78 is 69.7. The van der Waals surface area contributed by atoms with E-state index >= 15 is 0 Å². The van der Waals surface area contributed by atoms with Crippen molar-refractivity contribution in [3.05, 3.63) is 60.3 Å². The zero-order valence-corrected chi connectivity index (χ0v) is 17.1. The van der Waals surface area contributed by atoms with Crippen LogP contribution in [0.3, 0.4) is 0 Å². The summed E-state index contributed by atoms with van der Waals surface area (Å²) in [5.74, 6) is -0.502. The third-order valence-electron chi connectivity index (χ3n) is 4.10. The summed E-state index contributed by atoms with van der Waals surface area (Å²) in [6, 6.07) is 15.0. The molecule has 0 atom stereocenters. The minimum atomic E-state index is -4.87. The Balaban J connectivity index is 2.22. The summed E-state index contributed by atoms with van der Waals surface area (Å²) in [6.45, 7) is -0.697. The predicted octanol–water partition coefficient (Wildman–Crippen LogP) is 4.62. The lowest BCUT2D eigenvalue weighted by molar-refractivity contribution is -0.143. The van der Waals surface area contributed by atoms with E-state index in [2.05, 4.69) is 9.82 Å². The molecule has 1 aromatic heterocycles. The topological polar surface area (TPSA) is 87.8 Å². The molecule has 0 bridgehead atoms. The van der Waals surface area contributed by atoms with Gasteiger partial charge >= 0.3 is 6.18 Å². The summed E-state index contributed by atoms with van der Waals surface area (Å²) in [4.78, 5) is 0.695.